The van der Waals surface area contributed by atoms with Crippen LogP contribution in [0.3, 0.4) is 0 Å². The van der Waals surface area contributed by atoms with Crippen molar-refractivity contribution < 1.29 is 38.7 Å². The second-order valence-corrected chi connectivity index (χ2v) is 14.2. The lowest BCUT2D eigenvalue weighted by Crippen LogP contribution is -2.53. The molecule has 3 heterocycles. The SMILES string of the molecule is COc1ccc([C@H](Cc2c(Cl)c[n+]([O-])cc2Cl)c2cc(CNC(CO)(C(=O)OC[C@H]3CCN(C)C3)c3ccccc3)sc2C(=O)O)cc1OC. The summed E-state index contributed by atoms with van der Waals surface area (Å²) in [6.45, 7) is 1.39. The third-order valence-electron chi connectivity index (χ3n) is 9.01. The largest absolute Gasteiger partial charge is 0.619 e. The van der Waals surface area contributed by atoms with Gasteiger partial charge in [-0.2, -0.15) is 4.73 Å². The van der Waals surface area contributed by atoms with E-state index in [-0.39, 0.29) is 40.4 Å². The van der Waals surface area contributed by atoms with E-state index in [0.29, 0.717) is 43.4 Å². The number of pyridine rings is 1. The van der Waals surface area contributed by atoms with E-state index in [1.165, 1.54) is 26.6 Å². The maximum absolute atomic E-state index is 13.8. The molecule has 50 heavy (non-hydrogen) atoms. The number of aromatic carboxylic acids is 1. The van der Waals surface area contributed by atoms with Crippen LogP contribution in [0.15, 0.2) is 67.0 Å². The lowest BCUT2D eigenvalue weighted by molar-refractivity contribution is -0.605. The van der Waals surface area contributed by atoms with Crippen molar-refractivity contribution in [1.29, 1.82) is 0 Å². The summed E-state index contributed by atoms with van der Waals surface area (Å²) < 4.78 is 17.3. The van der Waals surface area contributed by atoms with E-state index in [9.17, 15) is 25.0 Å². The summed E-state index contributed by atoms with van der Waals surface area (Å²) in [7, 11) is 5.04. The predicted molar refractivity (Wildman–Crippen MR) is 190 cm³/mol. The molecule has 1 aliphatic heterocycles. The Morgan fingerprint density at radius 1 is 1.10 bits per heavy atom. The Kier molecular flexibility index (Phi) is 12.3. The van der Waals surface area contributed by atoms with Crippen LogP contribution in [0.4, 0.5) is 0 Å². The van der Waals surface area contributed by atoms with E-state index in [1.54, 1.807) is 48.5 Å². The summed E-state index contributed by atoms with van der Waals surface area (Å²) in [5.74, 6) is -1.28. The van der Waals surface area contributed by atoms with Crippen LogP contribution in [0.2, 0.25) is 10.0 Å². The number of hydrogen-bond acceptors (Lipinski definition) is 10. The summed E-state index contributed by atoms with van der Waals surface area (Å²) in [5.41, 5.74) is 0.504. The van der Waals surface area contributed by atoms with Gasteiger partial charge in [-0.3, -0.25) is 5.32 Å². The molecule has 0 spiro atoms. The Morgan fingerprint density at radius 3 is 2.40 bits per heavy atom. The third-order valence-corrected chi connectivity index (χ3v) is 10.8. The smallest absolute Gasteiger partial charge is 0.346 e. The number of thiophene rings is 1. The molecule has 1 aliphatic rings. The highest BCUT2D eigenvalue weighted by Crippen LogP contribution is 2.41. The van der Waals surface area contributed by atoms with Crippen molar-refractivity contribution in [2.75, 3.05) is 47.6 Å². The summed E-state index contributed by atoms with van der Waals surface area (Å²) in [5, 5.41) is 36.7. The first-order valence-electron chi connectivity index (χ1n) is 15.9. The molecule has 3 atom stereocenters. The number of hydrogen-bond donors (Lipinski definition) is 3. The molecule has 1 saturated heterocycles. The van der Waals surface area contributed by atoms with E-state index in [0.717, 1.165) is 30.8 Å². The Balaban J connectivity index is 1.53. The monoisotopic (exact) mass is 743 g/mol. The van der Waals surface area contributed by atoms with E-state index in [2.05, 4.69) is 10.2 Å². The Labute approximate surface area is 304 Å². The average Bonchev–Trinajstić information content (AvgIpc) is 3.73. The third kappa shape index (κ3) is 8.17. The fraction of sp³-hybridized carbons (Fsp3) is 0.361. The van der Waals surface area contributed by atoms with Crippen LogP contribution in [0.5, 0.6) is 11.5 Å². The molecule has 0 saturated carbocycles. The fourth-order valence-corrected chi connectivity index (χ4v) is 7.92. The number of nitrogens with zero attached hydrogens (tertiary/aromatic N) is 2. The van der Waals surface area contributed by atoms with Gasteiger partial charge in [0.1, 0.15) is 14.9 Å². The van der Waals surface area contributed by atoms with Crippen LogP contribution in [0, 0.1) is 11.1 Å². The number of methoxy groups -OCH3 is 2. The summed E-state index contributed by atoms with van der Waals surface area (Å²) in [6, 6.07) is 15.9. The van der Waals surface area contributed by atoms with E-state index in [1.807, 2.05) is 13.1 Å². The van der Waals surface area contributed by atoms with Crippen molar-refractivity contribution in [1.82, 2.24) is 10.2 Å². The second kappa shape index (κ2) is 16.4. The highest BCUT2D eigenvalue weighted by molar-refractivity contribution is 7.14. The lowest BCUT2D eigenvalue weighted by Gasteiger charge is -2.31. The van der Waals surface area contributed by atoms with Crippen LogP contribution in [-0.2, 0) is 28.0 Å². The molecule has 0 aliphatic carbocycles. The van der Waals surface area contributed by atoms with Crippen LogP contribution >= 0.6 is 34.5 Å². The van der Waals surface area contributed by atoms with Crippen molar-refractivity contribution in [3.05, 3.63) is 114 Å². The number of carboxylic acid groups (broad SMARTS) is 1. The summed E-state index contributed by atoms with van der Waals surface area (Å²) >= 11 is 14.0. The quantitative estimate of drug-likeness (QED) is 0.0839. The lowest BCUT2D eigenvalue weighted by atomic mass is 9.85. The van der Waals surface area contributed by atoms with Crippen LogP contribution < -0.4 is 19.5 Å². The summed E-state index contributed by atoms with van der Waals surface area (Å²) in [4.78, 5) is 29.4. The van der Waals surface area contributed by atoms with Crippen molar-refractivity contribution in [2.24, 2.45) is 5.92 Å². The number of aromatic nitrogens is 1. The Bertz CT molecular complexity index is 1800. The molecule has 4 aromatic rings. The number of esters is 1. The summed E-state index contributed by atoms with van der Waals surface area (Å²) in [6.07, 6.45) is 3.43. The number of carbonyl (C=O) groups excluding carboxylic acids is 1. The first-order chi connectivity index (χ1) is 24.0. The minimum atomic E-state index is -1.61. The highest BCUT2D eigenvalue weighted by Gasteiger charge is 2.42. The van der Waals surface area contributed by atoms with Gasteiger partial charge >= 0.3 is 11.9 Å². The van der Waals surface area contributed by atoms with Gasteiger partial charge in [-0.25, -0.2) is 9.59 Å². The fourth-order valence-electron chi connectivity index (χ4n) is 6.32. The molecule has 1 fully saturated rings. The van der Waals surface area contributed by atoms with Crippen molar-refractivity contribution in [2.45, 2.75) is 30.8 Å². The number of rotatable bonds is 15. The van der Waals surface area contributed by atoms with Crippen molar-refractivity contribution in [3.63, 3.8) is 0 Å². The number of aliphatic hydroxyl groups excluding tert-OH is 1. The zero-order chi connectivity index (χ0) is 36.0. The molecule has 0 radical (unpaired) electrons. The van der Waals surface area contributed by atoms with Gasteiger partial charge in [-0.1, -0.05) is 59.6 Å². The molecule has 3 N–H and O–H groups in total. The van der Waals surface area contributed by atoms with E-state index >= 15 is 0 Å². The number of carbonyl (C=O) groups is 2. The highest BCUT2D eigenvalue weighted by atomic mass is 35.5. The average molecular weight is 745 g/mol. The van der Waals surface area contributed by atoms with Gasteiger partial charge in [-0.05, 0) is 61.3 Å². The predicted octanol–water partition coefficient (Wildman–Crippen LogP) is 5.25. The van der Waals surface area contributed by atoms with Gasteiger partial charge in [0.2, 0.25) is 0 Å². The molecule has 5 rings (SSSR count). The van der Waals surface area contributed by atoms with Gasteiger partial charge in [0, 0.05) is 35.4 Å². The molecular formula is C36H39Cl2N3O8S. The zero-order valence-electron chi connectivity index (χ0n) is 27.9. The number of ether oxygens (including phenoxy) is 3. The first-order valence-corrected chi connectivity index (χ1v) is 17.5. The number of aliphatic hydroxyl groups is 1. The minimum Gasteiger partial charge on any atom is -0.619 e. The van der Waals surface area contributed by atoms with Crippen LogP contribution in [0.25, 0.3) is 0 Å². The Morgan fingerprint density at radius 2 is 1.80 bits per heavy atom. The first kappa shape index (κ1) is 37.3. The number of benzene rings is 2. The van der Waals surface area contributed by atoms with Crippen LogP contribution in [0.1, 0.15) is 49.1 Å². The van der Waals surface area contributed by atoms with Gasteiger partial charge < -0.3 is 34.5 Å². The van der Waals surface area contributed by atoms with Crippen molar-refractivity contribution >= 4 is 46.5 Å². The zero-order valence-corrected chi connectivity index (χ0v) is 30.2. The molecule has 266 valence electrons. The maximum Gasteiger partial charge on any atom is 0.346 e. The number of likely N-dealkylation sites (tertiary alicyclic amines) is 1. The van der Waals surface area contributed by atoms with Gasteiger partial charge in [-0.15, -0.1) is 11.3 Å². The van der Waals surface area contributed by atoms with Crippen molar-refractivity contribution in [3.8, 4) is 11.5 Å². The molecule has 1 unspecified atom stereocenters. The molecular weight excluding hydrogens is 705 g/mol. The molecule has 2 aromatic heterocycles. The topological polar surface area (TPSA) is 144 Å². The van der Waals surface area contributed by atoms with Crippen LogP contribution in [-0.4, -0.2) is 74.6 Å². The minimum absolute atomic E-state index is 0.0311. The van der Waals surface area contributed by atoms with Gasteiger partial charge in [0.05, 0.1) is 27.4 Å². The molecule has 2 aromatic carbocycles. The maximum atomic E-state index is 13.8. The van der Waals surface area contributed by atoms with Gasteiger partial charge in [0.25, 0.3) is 0 Å². The molecule has 0 bridgehead atoms. The van der Waals surface area contributed by atoms with Gasteiger partial charge in [0.15, 0.2) is 29.4 Å². The number of halogens is 2. The molecule has 0 amide bonds. The number of nitrogens with one attached hydrogen (secondary N) is 1. The number of carboxylic acids is 1. The Hall–Kier alpha value is -3.91. The molecule has 14 heteroatoms. The van der Waals surface area contributed by atoms with E-state index in [4.69, 9.17) is 37.4 Å². The standard InChI is InChI=1S/C36H39Cl2N3O8S/c1-40-12-11-22(17-40)20-49-35(45)36(21-42,24-7-5-4-6-8-24)39-16-25-14-27(33(50-25)34(43)44)26(15-28-29(37)18-41(46)19-30(28)38)23-9-10-31(47-2)32(13-23)48-3/h4-10,13-14,18-19,22,26,39,42H,11-12,15-17,20-21H2,1-3H3,(H,43,44)/t22-,26-,36?/m0/s1. The van der Waals surface area contributed by atoms with E-state index < -0.39 is 30.0 Å². The second-order valence-electron chi connectivity index (χ2n) is 12.3. The molecule has 11 nitrogen and oxygen atoms in total. The normalized spacial score (nSPS) is 16.5.